The summed E-state index contributed by atoms with van der Waals surface area (Å²) in [6, 6.07) is 5.89. The molecule has 2 heteroatoms. The van der Waals surface area contributed by atoms with Crippen molar-refractivity contribution in [1.82, 2.24) is 0 Å². The molecule has 0 saturated heterocycles. The van der Waals surface area contributed by atoms with Gasteiger partial charge in [-0.05, 0) is 31.4 Å². The number of benzene rings is 1. The van der Waals surface area contributed by atoms with Gasteiger partial charge in [0, 0.05) is 17.8 Å². The summed E-state index contributed by atoms with van der Waals surface area (Å²) in [5.41, 5.74) is 2.98. The molecule has 1 unspecified atom stereocenters. The fourth-order valence-corrected chi connectivity index (χ4v) is 1.76. The smallest absolute Gasteiger partial charge is 0.127 e. The first-order valence-electron chi connectivity index (χ1n) is 4.76. The molecule has 1 N–H and O–H groups in total. The molecule has 0 bridgehead atoms. The van der Waals surface area contributed by atoms with Gasteiger partial charge >= 0.3 is 0 Å². The lowest BCUT2D eigenvalue weighted by molar-refractivity contribution is 0.324. The Morgan fingerprint density at radius 1 is 1.46 bits per heavy atom. The van der Waals surface area contributed by atoms with Crippen molar-refractivity contribution in [3.05, 3.63) is 29.3 Å². The van der Waals surface area contributed by atoms with Crippen molar-refractivity contribution in [2.45, 2.75) is 25.9 Å². The standard InChI is InChI=1S/C11H14FN/c1-8-4-5-9-10(12)3-2-6-13-11(9)7-8/h4-5,7,10,13H,2-3,6H2,1H3. The summed E-state index contributed by atoms with van der Waals surface area (Å²) in [6.07, 6.45) is 0.767. The van der Waals surface area contributed by atoms with Gasteiger partial charge in [-0.1, -0.05) is 12.1 Å². The van der Waals surface area contributed by atoms with Crippen LogP contribution in [0.25, 0.3) is 0 Å². The number of hydrogen-bond acceptors (Lipinski definition) is 1. The topological polar surface area (TPSA) is 12.0 Å². The molecule has 0 fully saturated rings. The Hall–Kier alpha value is -1.05. The number of nitrogens with one attached hydrogen (secondary N) is 1. The molecule has 0 aromatic heterocycles. The maximum Gasteiger partial charge on any atom is 0.127 e. The highest BCUT2D eigenvalue weighted by Crippen LogP contribution is 2.32. The molecular weight excluding hydrogens is 165 g/mol. The Labute approximate surface area is 78.0 Å². The van der Waals surface area contributed by atoms with Gasteiger partial charge in [-0.3, -0.25) is 0 Å². The Kier molecular flexibility index (Phi) is 2.21. The molecule has 70 valence electrons. The maximum absolute atomic E-state index is 13.5. The second kappa shape index (κ2) is 3.36. The SMILES string of the molecule is Cc1ccc2c(c1)NCCCC2F. The zero-order chi connectivity index (χ0) is 9.26. The number of anilines is 1. The van der Waals surface area contributed by atoms with E-state index in [0.717, 1.165) is 24.2 Å². The van der Waals surface area contributed by atoms with E-state index in [1.165, 1.54) is 5.56 Å². The summed E-state index contributed by atoms with van der Waals surface area (Å²) in [7, 11) is 0. The van der Waals surface area contributed by atoms with Crippen LogP contribution in [0.3, 0.4) is 0 Å². The van der Waals surface area contributed by atoms with E-state index in [1.807, 2.05) is 25.1 Å². The monoisotopic (exact) mass is 179 g/mol. The summed E-state index contributed by atoms with van der Waals surface area (Å²) in [5.74, 6) is 0. The van der Waals surface area contributed by atoms with Crippen molar-refractivity contribution in [3.63, 3.8) is 0 Å². The van der Waals surface area contributed by atoms with Gasteiger partial charge < -0.3 is 5.32 Å². The van der Waals surface area contributed by atoms with Crippen LogP contribution in [0.5, 0.6) is 0 Å². The highest BCUT2D eigenvalue weighted by atomic mass is 19.1. The van der Waals surface area contributed by atoms with Gasteiger partial charge in [0.1, 0.15) is 6.17 Å². The molecule has 1 atom stereocenters. The highest BCUT2D eigenvalue weighted by molar-refractivity contribution is 5.54. The van der Waals surface area contributed by atoms with Crippen molar-refractivity contribution in [3.8, 4) is 0 Å². The van der Waals surface area contributed by atoms with E-state index in [9.17, 15) is 4.39 Å². The second-order valence-corrected chi connectivity index (χ2v) is 3.63. The van der Waals surface area contributed by atoms with Crippen LogP contribution in [0.15, 0.2) is 18.2 Å². The number of halogens is 1. The van der Waals surface area contributed by atoms with E-state index in [0.29, 0.717) is 6.42 Å². The highest BCUT2D eigenvalue weighted by Gasteiger charge is 2.16. The fourth-order valence-electron chi connectivity index (χ4n) is 1.76. The Morgan fingerprint density at radius 3 is 3.15 bits per heavy atom. The van der Waals surface area contributed by atoms with Gasteiger partial charge in [-0.25, -0.2) is 4.39 Å². The van der Waals surface area contributed by atoms with E-state index in [4.69, 9.17) is 0 Å². The van der Waals surface area contributed by atoms with Gasteiger partial charge in [0.05, 0.1) is 0 Å². The van der Waals surface area contributed by atoms with Crippen molar-refractivity contribution in [1.29, 1.82) is 0 Å². The van der Waals surface area contributed by atoms with Crippen LogP contribution in [-0.2, 0) is 0 Å². The lowest BCUT2D eigenvalue weighted by Crippen LogP contribution is -1.99. The first kappa shape index (κ1) is 8.54. The molecule has 0 amide bonds. The molecule has 0 saturated carbocycles. The first-order valence-corrected chi connectivity index (χ1v) is 4.76. The molecule has 1 nitrogen and oxygen atoms in total. The summed E-state index contributed by atoms with van der Waals surface area (Å²) in [4.78, 5) is 0. The molecule has 0 aliphatic carbocycles. The van der Waals surface area contributed by atoms with E-state index in [-0.39, 0.29) is 0 Å². The van der Waals surface area contributed by atoms with Crippen LogP contribution >= 0.6 is 0 Å². The van der Waals surface area contributed by atoms with Gasteiger partial charge in [0.2, 0.25) is 0 Å². The molecular formula is C11H14FN. The van der Waals surface area contributed by atoms with Crippen molar-refractivity contribution < 1.29 is 4.39 Å². The number of fused-ring (bicyclic) bond motifs is 1. The van der Waals surface area contributed by atoms with E-state index in [1.54, 1.807) is 0 Å². The van der Waals surface area contributed by atoms with E-state index in [2.05, 4.69) is 5.32 Å². The van der Waals surface area contributed by atoms with Crippen molar-refractivity contribution in [2.24, 2.45) is 0 Å². The quantitative estimate of drug-likeness (QED) is 0.644. The molecule has 13 heavy (non-hydrogen) atoms. The van der Waals surface area contributed by atoms with Gasteiger partial charge in [0.25, 0.3) is 0 Å². The normalized spacial score (nSPS) is 21.5. The summed E-state index contributed by atoms with van der Waals surface area (Å²) in [5, 5.41) is 3.26. The summed E-state index contributed by atoms with van der Waals surface area (Å²) < 4.78 is 13.5. The Bertz CT molecular complexity index is 309. The molecule has 1 aliphatic rings. The third kappa shape index (κ3) is 1.67. The maximum atomic E-state index is 13.5. The lowest BCUT2D eigenvalue weighted by Gasteiger charge is -2.10. The number of rotatable bonds is 0. The van der Waals surface area contributed by atoms with Gasteiger partial charge in [-0.2, -0.15) is 0 Å². The average molecular weight is 179 g/mol. The van der Waals surface area contributed by atoms with Gasteiger partial charge in [0.15, 0.2) is 0 Å². The molecule has 1 aliphatic heterocycles. The number of aryl methyl sites for hydroxylation is 1. The Morgan fingerprint density at radius 2 is 2.31 bits per heavy atom. The van der Waals surface area contributed by atoms with Crippen LogP contribution in [-0.4, -0.2) is 6.54 Å². The van der Waals surface area contributed by atoms with E-state index >= 15 is 0 Å². The molecule has 1 aromatic carbocycles. The number of hydrogen-bond donors (Lipinski definition) is 1. The number of alkyl halides is 1. The predicted molar refractivity (Wildman–Crippen MR) is 52.8 cm³/mol. The van der Waals surface area contributed by atoms with Crippen LogP contribution in [0, 0.1) is 6.92 Å². The largest absolute Gasteiger partial charge is 0.385 e. The van der Waals surface area contributed by atoms with Crippen LogP contribution in [0.2, 0.25) is 0 Å². The summed E-state index contributed by atoms with van der Waals surface area (Å²) in [6.45, 7) is 2.91. The summed E-state index contributed by atoms with van der Waals surface area (Å²) >= 11 is 0. The minimum Gasteiger partial charge on any atom is -0.385 e. The van der Waals surface area contributed by atoms with Crippen molar-refractivity contribution in [2.75, 3.05) is 11.9 Å². The lowest BCUT2D eigenvalue weighted by atomic mass is 10.0. The van der Waals surface area contributed by atoms with Crippen LogP contribution in [0.1, 0.15) is 30.1 Å². The third-order valence-electron chi connectivity index (χ3n) is 2.50. The second-order valence-electron chi connectivity index (χ2n) is 3.63. The Balaban J connectivity index is 2.42. The predicted octanol–water partition coefficient (Wildman–Crippen LogP) is 3.21. The first-order chi connectivity index (χ1) is 6.27. The fraction of sp³-hybridized carbons (Fsp3) is 0.455. The zero-order valence-electron chi connectivity index (χ0n) is 7.81. The van der Waals surface area contributed by atoms with Crippen LogP contribution < -0.4 is 5.32 Å². The molecule has 0 spiro atoms. The minimum absolute atomic E-state index is 0.642. The zero-order valence-corrected chi connectivity index (χ0v) is 7.81. The van der Waals surface area contributed by atoms with E-state index < -0.39 is 6.17 Å². The van der Waals surface area contributed by atoms with Gasteiger partial charge in [-0.15, -0.1) is 0 Å². The molecule has 1 heterocycles. The average Bonchev–Trinajstić information content (AvgIpc) is 2.28. The minimum atomic E-state index is -0.786. The van der Waals surface area contributed by atoms with Crippen molar-refractivity contribution >= 4 is 5.69 Å². The molecule has 1 aromatic rings. The third-order valence-corrected chi connectivity index (χ3v) is 2.50. The van der Waals surface area contributed by atoms with Crippen LogP contribution in [0.4, 0.5) is 10.1 Å². The molecule has 2 rings (SSSR count). The molecule has 0 radical (unpaired) electrons.